The maximum absolute atomic E-state index is 11.1. The molecule has 7 nitrogen and oxygen atoms in total. The summed E-state index contributed by atoms with van der Waals surface area (Å²) in [5, 5.41) is 17.4. The second kappa shape index (κ2) is 5.62. The predicted molar refractivity (Wildman–Crippen MR) is 77.1 cm³/mol. The molecule has 1 aliphatic rings. The predicted octanol–water partition coefficient (Wildman–Crippen LogP) is 2.40. The van der Waals surface area contributed by atoms with Crippen LogP contribution in [0, 0.1) is 10.1 Å². The molecule has 2 rings (SSSR count). The molecule has 0 spiro atoms. The quantitative estimate of drug-likeness (QED) is 0.636. The Labute approximate surface area is 117 Å². The first kappa shape index (κ1) is 14.5. The Kier molecular flexibility index (Phi) is 4.08. The molecule has 2 atom stereocenters. The maximum Gasteiger partial charge on any atom is 0.311 e. The minimum Gasteiger partial charge on any atom is -0.376 e. The van der Waals surface area contributed by atoms with Crippen molar-refractivity contribution in [3.63, 3.8) is 0 Å². The van der Waals surface area contributed by atoms with E-state index in [9.17, 15) is 10.1 Å². The Bertz CT molecular complexity index is 508. The fourth-order valence-corrected chi connectivity index (χ4v) is 2.24. The number of pyridine rings is 1. The molecule has 0 aromatic carbocycles. The minimum atomic E-state index is -0.422. The van der Waals surface area contributed by atoms with Crippen LogP contribution in [0.3, 0.4) is 0 Å². The zero-order chi connectivity index (χ0) is 14.8. The lowest BCUT2D eigenvalue weighted by molar-refractivity contribution is -0.384. The zero-order valence-electron chi connectivity index (χ0n) is 12.0. The summed E-state index contributed by atoms with van der Waals surface area (Å²) in [6.07, 6.45) is 0.769. The Morgan fingerprint density at radius 3 is 2.90 bits per heavy atom. The molecule has 0 bridgehead atoms. The zero-order valence-corrected chi connectivity index (χ0v) is 12.0. The van der Waals surface area contributed by atoms with E-state index < -0.39 is 4.92 Å². The third kappa shape index (κ3) is 2.82. The van der Waals surface area contributed by atoms with Crippen LogP contribution in [0.5, 0.6) is 0 Å². The lowest BCUT2D eigenvalue weighted by Gasteiger charge is -2.29. The monoisotopic (exact) mass is 280 g/mol. The molecular formula is C13H20N4O3. The fourth-order valence-electron chi connectivity index (χ4n) is 2.24. The van der Waals surface area contributed by atoms with Crippen molar-refractivity contribution in [2.24, 2.45) is 0 Å². The van der Waals surface area contributed by atoms with E-state index in [1.807, 2.05) is 20.8 Å². The summed E-state index contributed by atoms with van der Waals surface area (Å²) in [6, 6.07) is 3.08. The molecule has 7 heteroatoms. The van der Waals surface area contributed by atoms with Gasteiger partial charge >= 0.3 is 5.69 Å². The van der Waals surface area contributed by atoms with Crippen LogP contribution in [0.1, 0.15) is 27.2 Å². The van der Waals surface area contributed by atoms with E-state index >= 15 is 0 Å². The number of ether oxygens (including phenoxy) is 1. The van der Waals surface area contributed by atoms with E-state index in [4.69, 9.17) is 4.74 Å². The van der Waals surface area contributed by atoms with Gasteiger partial charge in [-0.15, -0.1) is 0 Å². The highest BCUT2D eigenvalue weighted by molar-refractivity contribution is 5.61. The molecule has 1 fully saturated rings. The van der Waals surface area contributed by atoms with Gasteiger partial charge in [-0.3, -0.25) is 10.1 Å². The molecule has 2 heterocycles. The van der Waals surface area contributed by atoms with Gasteiger partial charge < -0.3 is 15.4 Å². The largest absolute Gasteiger partial charge is 0.376 e. The first-order chi connectivity index (χ1) is 9.46. The van der Waals surface area contributed by atoms with Crippen LogP contribution < -0.4 is 10.6 Å². The lowest BCUT2D eigenvalue weighted by Crippen LogP contribution is -2.41. The fraction of sp³-hybridized carbons (Fsp3) is 0.615. The molecule has 2 N–H and O–H groups in total. The van der Waals surface area contributed by atoms with Gasteiger partial charge in [-0.05, 0) is 33.3 Å². The average molecular weight is 280 g/mol. The van der Waals surface area contributed by atoms with E-state index in [1.54, 1.807) is 6.07 Å². The first-order valence-corrected chi connectivity index (χ1v) is 6.75. The number of hydrogen-bond acceptors (Lipinski definition) is 6. The number of anilines is 2. The molecular weight excluding hydrogens is 260 g/mol. The molecule has 1 aromatic rings. The Balaban J connectivity index is 2.32. The van der Waals surface area contributed by atoms with Crippen LogP contribution in [0.2, 0.25) is 0 Å². The van der Waals surface area contributed by atoms with Gasteiger partial charge in [-0.25, -0.2) is 4.98 Å². The Hall–Kier alpha value is -1.89. The number of nitrogens with one attached hydrogen (secondary N) is 2. The molecule has 0 aliphatic carbocycles. The first-order valence-electron chi connectivity index (χ1n) is 6.75. The second-order valence-electron chi connectivity index (χ2n) is 5.16. The van der Waals surface area contributed by atoms with E-state index in [0.717, 1.165) is 6.42 Å². The van der Waals surface area contributed by atoms with Crippen LogP contribution in [0.25, 0.3) is 0 Å². The summed E-state index contributed by atoms with van der Waals surface area (Å²) >= 11 is 0. The van der Waals surface area contributed by atoms with E-state index in [2.05, 4.69) is 15.6 Å². The Morgan fingerprint density at radius 1 is 1.60 bits per heavy atom. The van der Waals surface area contributed by atoms with Crippen LogP contribution in [-0.4, -0.2) is 34.7 Å². The number of aromatic nitrogens is 1. The standard InChI is InChI=1S/C13H20N4O3/c1-4-14-11-6-5-10(17(18)19)12(15-11)16-13(3)7-8-20-9(13)2/h5-6,9H,4,7-8H2,1-3H3,(H2,14,15,16). The molecule has 0 radical (unpaired) electrons. The molecule has 110 valence electrons. The molecule has 1 saturated heterocycles. The van der Waals surface area contributed by atoms with E-state index in [-0.39, 0.29) is 23.1 Å². The second-order valence-corrected chi connectivity index (χ2v) is 5.16. The summed E-state index contributed by atoms with van der Waals surface area (Å²) < 4.78 is 5.54. The van der Waals surface area contributed by atoms with Crippen LogP contribution in [0.4, 0.5) is 17.3 Å². The maximum atomic E-state index is 11.1. The molecule has 20 heavy (non-hydrogen) atoms. The van der Waals surface area contributed by atoms with Gasteiger partial charge in [0.05, 0.1) is 16.6 Å². The van der Waals surface area contributed by atoms with Crippen molar-refractivity contribution in [1.29, 1.82) is 0 Å². The molecule has 1 aliphatic heterocycles. The van der Waals surface area contributed by atoms with Crippen molar-refractivity contribution in [3.05, 3.63) is 22.2 Å². The normalized spacial score (nSPS) is 25.4. The lowest BCUT2D eigenvalue weighted by atomic mass is 9.94. The van der Waals surface area contributed by atoms with Gasteiger partial charge in [0.1, 0.15) is 5.82 Å². The third-order valence-electron chi connectivity index (χ3n) is 3.72. The minimum absolute atomic E-state index is 0.0213. The highest BCUT2D eigenvalue weighted by atomic mass is 16.6. The summed E-state index contributed by atoms with van der Waals surface area (Å²) in [6.45, 7) is 7.26. The SMILES string of the molecule is CCNc1ccc([N+](=O)[O-])c(NC2(C)CCOC2C)n1. The van der Waals surface area contributed by atoms with Crippen molar-refractivity contribution in [2.75, 3.05) is 23.8 Å². The van der Waals surface area contributed by atoms with Crippen LogP contribution >= 0.6 is 0 Å². The molecule has 1 aromatic heterocycles. The van der Waals surface area contributed by atoms with Crippen molar-refractivity contribution in [2.45, 2.75) is 38.8 Å². The number of hydrogen-bond donors (Lipinski definition) is 2. The summed E-state index contributed by atoms with van der Waals surface area (Å²) in [5.74, 6) is 0.907. The van der Waals surface area contributed by atoms with Gasteiger partial charge in [0, 0.05) is 19.2 Å². The molecule has 2 unspecified atom stereocenters. The van der Waals surface area contributed by atoms with E-state index in [0.29, 0.717) is 19.0 Å². The van der Waals surface area contributed by atoms with Crippen molar-refractivity contribution in [1.82, 2.24) is 4.98 Å². The number of nitro groups is 1. The van der Waals surface area contributed by atoms with Crippen molar-refractivity contribution in [3.8, 4) is 0 Å². The van der Waals surface area contributed by atoms with Gasteiger partial charge in [0.15, 0.2) is 0 Å². The highest BCUT2D eigenvalue weighted by Crippen LogP contribution is 2.33. The van der Waals surface area contributed by atoms with Crippen molar-refractivity contribution < 1.29 is 9.66 Å². The van der Waals surface area contributed by atoms with Gasteiger partial charge in [-0.2, -0.15) is 0 Å². The third-order valence-corrected chi connectivity index (χ3v) is 3.72. The van der Waals surface area contributed by atoms with Crippen LogP contribution in [0.15, 0.2) is 12.1 Å². The molecule has 0 amide bonds. The van der Waals surface area contributed by atoms with Gasteiger partial charge in [0.25, 0.3) is 0 Å². The summed E-state index contributed by atoms with van der Waals surface area (Å²) in [7, 11) is 0. The van der Waals surface area contributed by atoms with Crippen molar-refractivity contribution >= 4 is 17.3 Å². The highest BCUT2D eigenvalue weighted by Gasteiger charge is 2.38. The summed E-state index contributed by atoms with van der Waals surface area (Å²) in [4.78, 5) is 15.0. The van der Waals surface area contributed by atoms with Gasteiger partial charge in [-0.1, -0.05) is 0 Å². The van der Waals surface area contributed by atoms with Gasteiger partial charge in [0.2, 0.25) is 5.82 Å². The number of rotatable bonds is 5. The smallest absolute Gasteiger partial charge is 0.311 e. The van der Waals surface area contributed by atoms with E-state index in [1.165, 1.54) is 6.07 Å². The topological polar surface area (TPSA) is 89.3 Å². The summed E-state index contributed by atoms with van der Waals surface area (Å²) in [5.41, 5.74) is -0.366. The average Bonchev–Trinajstić information content (AvgIpc) is 2.69. The number of nitrogens with zero attached hydrogens (tertiary/aromatic N) is 2. The van der Waals surface area contributed by atoms with Crippen LogP contribution in [-0.2, 0) is 4.74 Å². The Morgan fingerprint density at radius 2 is 2.35 bits per heavy atom. The molecule has 0 saturated carbocycles.